The van der Waals surface area contributed by atoms with Crippen LogP contribution in [0.4, 0.5) is 10.5 Å². The molecule has 0 radical (unpaired) electrons. The molecule has 0 fully saturated rings. The Morgan fingerprint density at radius 2 is 2.13 bits per heavy atom. The first-order chi connectivity index (χ1) is 11.1. The number of urea groups is 1. The van der Waals surface area contributed by atoms with Crippen molar-refractivity contribution in [1.82, 2.24) is 14.7 Å². The molecule has 0 aliphatic carbocycles. The highest BCUT2D eigenvalue weighted by Crippen LogP contribution is 2.13. The number of nitrogens with zero attached hydrogens (tertiary/aromatic N) is 3. The lowest BCUT2D eigenvalue weighted by Crippen LogP contribution is -2.34. The van der Waals surface area contributed by atoms with Crippen molar-refractivity contribution in [3.8, 4) is 5.75 Å². The van der Waals surface area contributed by atoms with E-state index in [1.54, 1.807) is 53.4 Å². The maximum absolute atomic E-state index is 12.3. The molecular formula is C16H22N4O3. The number of phenols is 1. The van der Waals surface area contributed by atoms with Crippen LogP contribution in [0.2, 0.25) is 0 Å². The number of nitrogens with one attached hydrogen (secondary N) is 1. The van der Waals surface area contributed by atoms with Crippen molar-refractivity contribution < 1.29 is 14.6 Å². The SMILES string of the molecule is CCN(Cc1ccc(O)cc1)C(=O)Nc1cnn(CCOC)c1. The Hall–Kier alpha value is -2.54. The van der Waals surface area contributed by atoms with Crippen LogP contribution in [-0.2, 0) is 17.8 Å². The van der Waals surface area contributed by atoms with Gasteiger partial charge in [-0.3, -0.25) is 4.68 Å². The summed E-state index contributed by atoms with van der Waals surface area (Å²) in [6, 6.07) is 6.64. The van der Waals surface area contributed by atoms with Gasteiger partial charge in [-0.2, -0.15) is 5.10 Å². The van der Waals surface area contributed by atoms with E-state index >= 15 is 0 Å². The molecule has 0 unspecified atom stereocenters. The lowest BCUT2D eigenvalue weighted by atomic mass is 10.2. The van der Waals surface area contributed by atoms with Gasteiger partial charge >= 0.3 is 6.03 Å². The average Bonchev–Trinajstić information content (AvgIpc) is 2.99. The van der Waals surface area contributed by atoms with Crippen LogP contribution in [0.15, 0.2) is 36.7 Å². The predicted molar refractivity (Wildman–Crippen MR) is 87.3 cm³/mol. The van der Waals surface area contributed by atoms with Gasteiger partial charge in [0.25, 0.3) is 0 Å². The summed E-state index contributed by atoms with van der Waals surface area (Å²) in [5.41, 5.74) is 1.60. The van der Waals surface area contributed by atoms with E-state index in [1.807, 2.05) is 6.92 Å². The largest absolute Gasteiger partial charge is 0.508 e. The minimum atomic E-state index is -0.188. The van der Waals surface area contributed by atoms with Gasteiger partial charge < -0.3 is 20.1 Å². The molecular weight excluding hydrogens is 296 g/mol. The fourth-order valence-corrected chi connectivity index (χ4v) is 2.09. The van der Waals surface area contributed by atoms with E-state index in [1.165, 1.54) is 0 Å². The third-order valence-corrected chi connectivity index (χ3v) is 3.39. The molecule has 0 atom stereocenters. The van der Waals surface area contributed by atoms with E-state index in [4.69, 9.17) is 4.74 Å². The first-order valence-electron chi connectivity index (χ1n) is 7.47. The maximum Gasteiger partial charge on any atom is 0.322 e. The fraction of sp³-hybridized carbons (Fsp3) is 0.375. The number of ether oxygens (including phenoxy) is 1. The predicted octanol–water partition coefficient (Wildman–Crippen LogP) is 2.29. The summed E-state index contributed by atoms with van der Waals surface area (Å²) in [4.78, 5) is 14.0. The van der Waals surface area contributed by atoms with Gasteiger partial charge in [-0.05, 0) is 24.6 Å². The Labute approximate surface area is 135 Å². The zero-order chi connectivity index (χ0) is 16.7. The minimum Gasteiger partial charge on any atom is -0.508 e. The van der Waals surface area contributed by atoms with Gasteiger partial charge in [-0.1, -0.05) is 12.1 Å². The molecule has 0 saturated carbocycles. The molecule has 23 heavy (non-hydrogen) atoms. The highest BCUT2D eigenvalue weighted by molar-refractivity contribution is 5.88. The first kappa shape index (κ1) is 16.8. The summed E-state index contributed by atoms with van der Waals surface area (Å²) >= 11 is 0. The molecule has 1 aromatic carbocycles. The molecule has 0 saturated heterocycles. The minimum absolute atomic E-state index is 0.188. The smallest absolute Gasteiger partial charge is 0.322 e. The molecule has 2 N–H and O–H groups in total. The van der Waals surface area contributed by atoms with Gasteiger partial charge in [0, 0.05) is 26.4 Å². The Morgan fingerprint density at radius 1 is 1.39 bits per heavy atom. The molecule has 2 aromatic rings. The number of aromatic hydroxyl groups is 1. The van der Waals surface area contributed by atoms with Gasteiger partial charge in [0.15, 0.2) is 0 Å². The zero-order valence-corrected chi connectivity index (χ0v) is 13.4. The third-order valence-electron chi connectivity index (χ3n) is 3.39. The van der Waals surface area contributed by atoms with Gasteiger partial charge in [-0.25, -0.2) is 4.79 Å². The van der Waals surface area contributed by atoms with Crippen molar-refractivity contribution in [1.29, 1.82) is 0 Å². The number of hydrogen-bond donors (Lipinski definition) is 2. The van der Waals surface area contributed by atoms with Crippen LogP contribution in [0.5, 0.6) is 5.75 Å². The van der Waals surface area contributed by atoms with Gasteiger partial charge in [0.1, 0.15) is 5.75 Å². The summed E-state index contributed by atoms with van der Waals surface area (Å²) in [6.07, 6.45) is 3.38. The highest BCUT2D eigenvalue weighted by Gasteiger charge is 2.13. The second-order valence-corrected chi connectivity index (χ2v) is 5.10. The van der Waals surface area contributed by atoms with E-state index in [0.717, 1.165) is 5.56 Å². The van der Waals surface area contributed by atoms with E-state index in [2.05, 4.69) is 10.4 Å². The summed E-state index contributed by atoms with van der Waals surface area (Å²) in [5, 5.41) is 16.3. The molecule has 1 heterocycles. The Kier molecular flexibility index (Phi) is 5.99. The summed E-state index contributed by atoms with van der Waals surface area (Å²) in [6.45, 7) is 4.17. The number of carbonyl (C=O) groups excluding carboxylic acids is 1. The lowest BCUT2D eigenvalue weighted by molar-refractivity contribution is 0.183. The molecule has 2 amide bonds. The number of amides is 2. The number of phenolic OH excluding ortho intramolecular Hbond substituents is 1. The second kappa shape index (κ2) is 8.19. The fourth-order valence-electron chi connectivity index (χ4n) is 2.09. The lowest BCUT2D eigenvalue weighted by Gasteiger charge is -2.21. The highest BCUT2D eigenvalue weighted by atomic mass is 16.5. The molecule has 0 aliphatic heterocycles. The van der Waals surface area contributed by atoms with Gasteiger partial charge in [-0.15, -0.1) is 0 Å². The Morgan fingerprint density at radius 3 is 2.78 bits per heavy atom. The van der Waals surface area contributed by atoms with Crippen LogP contribution in [0.25, 0.3) is 0 Å². The van der Waals surface area contributed by atoms with Crippen LogP contribution in [-0.4, -0.2) is 46.1 Å². The molecule has 2 rings (SSSR count). The molecule has 7 nitrogen and oxygen atoms in total. The Bertz CT molecular complexity index is 625. The number of methoxy groups -OCH3 is 1. The van der Waals surface area contributed by atoms with Crippen molar-refractivity contribution >= 4 is 11.7 Å². The van der Waals surface area contributed by atoms with Crippen molar-refractivity contribution in [2.45, 2.75) is 20.0 Å². The molecule has 1 aromatic heterocycles. The maximum atomic E-state index is 12.3. The van der Waals surface area contributed by atoms with Crippen LogP contribution in [0.1, 0.15) is 12.5 Å². The van der Waals surface area contributed by atoms with Gasteiger partial charge in [0.05, 0.1) is 25.0 Å². The quantitative estimate of drug-likeness (QED) is 0.821. The van der Waals surface area contributed by atoms with E-state index in [9.17, 15) is 9.90 Å². The van der Waals surface area contributed by atoms with Gasteiger partial charge in [0.2, 0.25) is 0 Å². The van der Waals surface area contributed by atoms with Crippen molar-refractivity contribution in [3.63, 3.8) is 0 Å². The van der Waals surface area contributed by atoms with Crippen LogP contribution in [0.3, 0.4) is 0 Å². The van der Waals surface area contributed by atoms with E-state index < -0.39 is 0 Å². The molecule has 0 aliphatic rings. The first-order valence-corrected chi connectivity index (χ1v) is 7.47. The molecule has 0 bridgehead atoms. The monoisotopic (exact) mass is 318 g/mol. The van der Waals surface area contributed by atoms with Crippen LogP contribution in [0, 0.1) is 0 Å². The number of rotatable bonds is 7. The standard InChI is InChI=1S/C16H22N4O3/c1-3-19(11-13-4-6-15(21)7-5-13)16(22)18-14-10-17-20(12-14)8-9-23-2/h4-7,10,12,21H,3,8-9,11H2,1-2H3,(H,18,22). The number of aromatic nitrogens is 2. The number of carbonyl (C=O) groups is 1. The summed E-state index contributed by atoms with van der Waals surface area (Å²) in [5.74, 6) is 0.213. The zero-order valence-electron chi connectivity index (χ0n) is 13.4. The molecule has 124 valence electrons. The van der Waals surface area contributed by atoms with Crippen molar-refractivity contribution in [3.05, 3.63) is 42.2 Å². The van der Waals surface area contributed by atoms with Crippen molar-refractivity contribution in [2.24, 2.45) is 0 Å². The number of anilines is 1. The topological polar surface area (TPSA) is 79.6 Å². The Balaban J connectivity index is 1.94. The number of hydrogen-bond acceptors (Lipinski definition) is 4. The second-order valence-electron chi connectivity index (χ2n) is 5.10. The van der Waals surface area contributed by atoms with Crippen molar-refractivity contribution in [2.75, 3.05) is 25.6 Å². The van der Waals surface area contributed by atoms with E-state index in [0.29, 0.717) is 31.9 Å². The molecule has 0 spiro atoms. The average molecular weight is 318 g/mol. The van der Waals surface area contributed by atoms with E-state index in [-0.39, 0.29) is 11.8 Å². The summed E-state index contributed by atoms with van der Waals surface area (Å²) < 4.78 is 6.71. The van der Waals surface area contributed by atoms with Crippen LogP contribution >= 0.6 is 0 Å². The molecule has 7 heteroatoms. The van der Waals surface area contributed by atoms with Crippen LogP contribution < -0.4 is 5.32 Å². The third kappa shape index (κ3) is 5.00. The summed E-state index contributed by atoms with van der Waals surface area (Å²) in [7, 11) is 1.63. The normalized spacial score (nSPS) is 10.5. The number of benzene rings is 1.